The first-order valence-electron chi connectivity index (χ1n) is 3.77. The van der Waals surface area contributed by atoms with Crippen LogP contribution in [0, 0.1) is 0 Å². The van der Waals surface area contributed by atoms with Crippen LogP contribution in [-0.2, 0) is 23.9 Å². The van der Waals surface area contributed by atoms with E-state index >= 15 is 0 Å². The fourth-order valence-electron chi connectivity index (χ4n) is 0.517. The van der Waals surface area contributed by atoms with Gasteiger partial charge < -0.3 is 14.6 Å². The molecular formula is C8H10O6. The topological polar surface area (TPSA) is 89.9 Å². The molecule has 6 heteroatoms. The molecule has 0 atom stereocenters. The summed E-state index contributed by atoms with van der Waals surface area (Å²) >= 11 is 0. The molecule has 0 fully saturated rings. The number of carboxylic acid groups (broad SMARTS) is 1. The standard InChI is InChI=1S/C8H10O6/c1-2-6(9)13-4-3-5-14-8(12)7(10)11/h2H,1,3-5H2,(H,10,11). The van der Waals surface area contributed by atoms with Crippen molar-refractivity contribution in [1.29, 1.82) is 0 Å². The van der Waals surface area contributed by atoms with Crippen LogP contribution in [0.2, 0.25) is 0 Å². The lowest BCUT2D eigenvalue weighted by molar-refractivity contribution is -0.164. The van der Waals surface area contributed by atoms with Gasteiger partial charge in [-0.25, -0.2) is 14.4 Å². The molecule has 0 saturated heterocycles. The second-order valence-electron chi connectivity index (χ2n) is 2.17. The van der Waals surface area contributed by atoms with Gasteiger partial charge in [0.15, 0.2) is 0 Å². The quantitative estimate of drug-likeness (QED) is 0.286. The summed E-state index contributed by atoms with van der Waals surface area (Å²) in [5, 5.41) is 8.09. The molecule has 14 heavy (non-hydrogen) atoms. The Morgan fingerprint density at radius 2 is 1.79 bits per heavy atom. The highest BCUT2D eigenvalue weighted by molar-refractivity contribution is 6.28. The zero-order valence-corrected chi connectivity index (χ0v) is 7.39. The second-order valence-corrected chi connectivity index (χ2v) is 2.17. The number of hydrogen-bond donors (Lipinski definition) is 1. The molecule has 0 amide bonds. The van der Waals surface area contributed by atoms with Gasteiger partial charge in [-0.3, -0.25) is 0 Å². The number of ether oxygens (including phenoxy) is 2. The number of hydrogen-bond acceptors (Lipinski definition) is 5. The first kappa shape index (κ1) is 12.2. The Kier molecular flexibility index (Phi) is 5.77. The maximum Gasteiger partial charge on any atom is 0.417 e. The van der Waals surface area contributed by atoms with Crippen LogP contribution in [0.1, 0.15) is 6.42 Å². The van der Waals surface area contributed by atoms with E-state index in [1.165, 1.54) is 0 Å². The van der Waals surface area contributed by atoms with Crippen LogP contribution in [0.25, 0.3) is 0 Å². The van der Waals surface area contributed by atoms with Gasteiger partial charge >= 0.3 is 17.9 Å². The smallest absolute Gasteiger partial charge is 0.417 e. The van der Waals surface area contributed by atoms with Crippen LogP contribution in [0.5, 0.6) is 0 Å². The number of aliphatic carboxylic acids is 1. The summed E-state index contributed by atoms with van der Waals surface area (Å²) in [6.45, 7) is 3.13. The van der Waals surface area contributed by atoms with Crippen LogP contribution >= 0.6 is 0 Å². The Hall–Kier alpha value is -1.85. The van der Waals surface area contributed by atoms with Gasteiger partial charge in [-0.2, -0.15) is 0 Å². The molecule has 0 spiro atoms. The summed E-state index contributed by atoms with van der Waals surface area (Å²) in [5.41, 5.74) is 0. The highest BCUT2D eigenvalue weighted by Crippen LogP contribution is 1.87. The minimum atomic E-state index is -1.65. The Morgan fingerprint density at radius 1 is 1.21 bits per heavy atom. The zero-order chi connectivity index (χ0) is 11.0. The highest BCUT2D eigenvalue weighted by Gasteiger charge is 2.11. The minimum Gasteiger partial charge on any atom is -0.473 e. The monoisotopic (exact) mass is 202 g/mol. The Morgan fingerprint density at radius 3 is 2.29 bits per heavy atom. The summed E-state index contributed by atoms with van der Waals surface area (Å²) < 4.78 is 8.80. The summed E-state index contributed by atoms with van der Waals surface area (Å²) in [6, 6.07) is 0. The third kappa shape index (κ3) is 5.76. The van der Waals surface area contributed by atoms with E-state index < -0.39 is 17.9 Å². The lowest BCUT2D eigenvalue weighted by Gasteiger charge is -2.02. The first-order chi connectivity index (χ1) is 6.57. The van der Waals surface area contributed by atoms with Crippen LogP contribution < -0.4 is 0 Å². The van der Waals surface area contributed by atoms with Crippen molar-refractivity contribution in [3.05, 3.63) is 12.7 Å². The number of carbonyl (C=O) groups excluding carboxylic acids is 2. The molecule has 0 aromatic heterocycles. The predicted octanol–water partition coefficient (Wildman–Crippen LogP) is -0.267. The molecule has 0 aliphatic carbocycles. The second kappa shape index (κ2) is 6.64. The summed E-state index contributed by atoms with van der Waals surface area (Å²) in [5.74, 6) is -3.54. The molecular weight excluding hydrogens is 192 g/mol. The fourth-order valence-corrected chi connectivity index (χ4v) is 0.517. The van der Waals surface area contributed by atoms with Gasteiger partial charge in [0.05, 0.1) is 13.2 Å². The lowest BCUT2D eigenvalue weighted by Crippen LogP contribution is -2.17. The molecule has 0 bridgehead atoms. The van der Waals surface area contributed by atoms with E-state index in [2.05, 4.69) is 16.1 Å². The molecule has 0 aliphatic heterocycles. The molecule has 0 aromatic rings. The largest absolute Gasteiger partial charge is 0.473 e. The third-order valence-electron chi connectivity index (χ3n) is 1.11. The average molecular weight is 202 g/mol. The number of carboxylic acids is 1. The van der Waals surface area contributed by atoms with Gasteiger partial charge in [0, 0.05) is 12.5 Å². The van der Waals surface area contributed by atoms with Crippen molar-refractivity contribution in [2.24, 2.45) is 0 Å². The van der Waals surface area contributed by atoms with Crippen molar-refractivity contribution in [2.45, 2.75) is 6.42 Å². The van der Waals surface area contributed by atoms with Crippen molar-refractivity contribution in [3.8, 4) is 0 Å². The van der Waals surface area contributed by atoms with Gasteiger partial charge in [-0.15, -0.1) is 0 Å². The zero-order valence-electron chi connectivity index (χ0n) is 7.39. The number of esters is 2. The molecule has 0 radical (unpaired) electrons. The normalized spacial score (nSPS) is 8.86. The summed E-state index contributed by atoms with van der Waals surface area (Å²) in [6.07, 6.45) is 1.25. The van der Waals surface area contributed by atoms with Crippen LogP contribution in [0.3, 0.4) is 0 Å². The molecule has 0 saturated carbocycles. The van der Waals surface area contributed by atoms with Crippen LogP contribution in [0.15, 0.2) is 12.7 Å². The van der Waals surface area contributed by atoms with E-state index in [9.17, 15) is 14.4 Å². The third-order valence-corrected chi connectivity index (χ3v) is 1.11. The molecule has 0 heterocycles. The molecule has 0 rings (SSSR count). The van der Waals surface area contributed by atoms with Crippen LogP contribution in [0.4, 0.5) is 0 Å². The lowest BCUT2D eigenvalue weighted by atomic mass is 10.5. The van der Waals surface area contributed by atoms with E-state index in [0.717, 1.165) is 6.08 Å². The average Bonchev–Trinajstić information content (AvgIpc) is 2.16. The molecule has 0 aliphatic rings. The maximum atomic E-state index is 10.5. The van der Waals surface area contributed by atoms with Gasteiger partial charge in [-0.1, -0.05) is 6.58 Å². The van der Waals surface area contributed by atoms with E-state index in [1.807, 2.05) is 0 Å². The van der Waals surface area contributed by atoms with Gasteiger partial charge in [0.25, 0.3) is 0 Å². The predicted molar refractivity (Wildman–Crippen MR) is 44.4 cm³/mol. The SMILES string of the molecule is C=CC(=O)OCCCOC(=O)C(=O)O. The maximum absolute atomic E-state index is 10.5. The van der Waals surface area contributed by atoms with Gasteiger partial charge in [-0.05, 0) is 0 Å². The Labute approximate surface area is 80.1 Å². The fraction of sp³-hybridized carbons (Fsp3) is 0.375. The summed E-state index contributed by atoms with van der Waals surface area (Å²) in [4.78, 5) is 30.8. The van der Waals surface area contributed by atoms with Crippen molar-refractivity contribution >= 4 is 17.9 Å². The minimum absolute atomic E-state index is 0.0533. The van der Waals surface area contributed by atoms with E-state index in [1.54, 1.807) is 0 Å². The van der Waals surface area contributed by atoms with Crippen molar-refractivity contribution in [1.82, 2.24) is 0 Å². The van der Waals surface area contributed by atoms with Crippen molar-refractivity contribution in [2.75, 3.05) is 13.2 Å². The Bertz CT molecular complexity index is 244. The van der Waals surface area contributed by atoms with Crippen LogP contribution in [-0.4, -0.2) is 36.2 Å². The Balaban J connectivity index is 3.38. The van der Waals surface area contributed by atoms with Gasteiger partial charge in [0.2, 0.25) is 0 Å². The van der Waals surface area contributed by atoms with Crippen molar-refractivity contribution in [3.63, 3.8) is 0 Å². The summed E-state index contributed by atoms with van der Waals surface area (Å²) in [7, 11) is 0. The van der Waals surface area contributed by atoms with Gasteiger partial charge in [0.1, 0.15) is 0 Å². The highest BCUT2D eigenvalue weighted by atomic mass is 16.6. The molecule has 0 aromatic carbocycles. The van der Waals surface area contributed by atoms with Crippen molar-refractivity contribution < 1.29 is 29.0 Å². The molecule has 78 valence electrons. The van der Waals surface area contributed by atoms with E-state index in [0.29, 0.717) is 0 Å². The molecule has 6 nitrogen and oxygen atoms in total. The number of rotatable bonds is 5. The number of carbonyl (C=O) groups is 3. The molecule has 0 unspecified atom stereocenters. The molecule has 1 N–H and O–H groups in total. The van der Waals surface area contributed by atoms with E-state index in [4.69, 9.17) is 5.11 Å². The first-order valence-corrected chi connectivity index (χ1v) is 3.77. The van der Waals surface area contributed by atoms with E-state index in [-0.39, 0.29) is 19.6 Å².